The minimum absolute atomic E-state index is 0.245. The minimum Gasteiger partial charge on any atom is -0.339 e. The van der Waals surface area contributed by atoms with E-state index in [9.17, 15) is 4.39 Å². The van der Waals surface area contributed by atoms with Crippen molar-refractivity contribution in [3.63, 3.8) is 0 Å². The van der Waals surface area contributed by atoms with Crippen molar-refractivity contribution in [3.05, 3.63) is 35.5 Å². The second-order valence-corrected chi connectivity index (χ2v) is 5.75. The maximum absolute atomic E-state index is 13.2. The van der Waals surface area contributed by atoms with Crippen LogP contribution in [0, 0.1) is 12.7 Å². The highest BCUT2D eigenvalue weighted by atomic mass is 19.1. The van der Waals surface area contributed by atoms with Crippen LogP contribution in [0.5, 0.6) is 0 Å². The van der Waals surface area contributed by atoms with E-state index in [0.29, 0.717) is 23.7 Å². The third-order valence-corrected chi connectivity index (χ3v) is 4.36. The third-order valence-electron chi connectivity index (χ3n) is 4.36. The molecule has 1 fully saturated rings. The molecule has 1 N–H and O–H groups in total. The molecule has 4 nitrogen and oxygen atoms in total. The topological polar surface area (TPSA) is 51.0 Å². The molecule has 1 aliphatic carbocycles. The van der Waals surface area contributed by atoms with Crippen molar-refractivity contribution < 1.29 is 8.91 Å². The van der Waals surface area contributed by atoms with Crippen LogP contribution < -0.4 is 5.32 Å². The van der Waals surface area contributed by atoms with Gasteiger partial charge in [0.2, 0.25) is 11.7 Å². The molecule has 0 amide bonds. The molecule has 1 aromatic heterocycles. The van der Waals surface area contributed by atoms with Crippen LogP contribution in [0.2, 0.25) is 0 Å². The smallest absolute Gasteiger partial charge is 0.230 e. The maximum Gasteiger partial charge on any atom is 0.230 e. The summed E-state index contributed by atoms with van der Waals surface area (Å²) in [5, 5.41) is 7.38. The summed E-state index contributed by atoms with van der Waals surface area (Å²) >= 11 is 0. The molecule has 5 heteroatoms. The van der Waals surface area contributed by atoms with E-state index in [1.54, 1.807) is 6.07 Å². The summed E-state index contributed by atoms with van der Waals surface area (Å²) < 4.78 is 18.6. The van der Waals surface area contributed by atoms with Crippen molar-refractivity contribution >= 4 is 0 Å². The average Bonchev–Trinajstić information content (AvgIpc) is 2.97. The lowest BCUT2D eigenvalue weighted by molar-refractivity contribution is 0.289. The van der Waals surface area contributed by atoms with Crippen molar-refractivity contribution in [1.29, 1.82) is 0 Å². The number of hydrogen-bond donors (Lipinski definition) is 1. The standard InChI is InChI=1S/C16H20FN3O/c1-10-9-12(17)5-8-14(10)15-19-16(21-20-15)11-3-6-13(18-2)7-4-11/h5,8-9,11,13,18H,3-4,6-7H2,1-2H3. The van der Waals surface area contributed by atoms with Crippen LogP contribution in [0.15, 0.2) is 22.7 Å². The summed E-state index contributed by atoms with van der Waals surface area (Å²) in [6.45, 7) is 1.85. The highest BCUT2D eigenvalue weighted by Gasteiger charge is 2.26. The number of aromatic nitrogens is 2. The Morgan fingerprint density at radius 3 is 2.67 bits per heavy atom. The largest absolute Gasteiger partial charge is 0.339 e. The summed E-state index contributed by atoms with van der Waals surface area (Å²) in [5.41, 5.74) is 1.65. The quantitative estimate of drug-likeness (QED) is 0.940. The highest BCUT2D eigenvalue weighted by molar-refractivity contribution is 5.59. The SMILES string of the molecule is CNC1CCC(c2nc(-c3ccc(F)cc3C)no2)CC1. The van der Waals surface area contributed by atoms with Crippen molar-refractivity contribution in [2.75, 3.05) is 7.05 Å². The number of benzene rings is 1. The molecule has 0 saturated heterocycles. The van der Waals surface area contributed by atoms with Gasteiger partial charge in [-0.25, -0.2) is 4.39 Å². The van der Waals surface area contributed by atoms with Gasteiger partial charge in [0, 0.05) is 17.5 Å². The third kappa shape index (κ3) is 2.97. The zero-order chi connectivity index (χ0) is 14.8. The molecular weight excluding hydrogens is 269 g/mol. The Kier molecular flexibility index (Phi) is 4.01. The molecule has 1 aromatic carbocycles. The Hall–Kier alpha value is -1.75. The van der Waals surface area contributed by atoms with Crippen LogP contribution in [0.25, 0.3) is 11.4 Å². The van der Waals surface area contributed by atoms with Gasteiger partial charge in [-0.15, -0.1) is 0 Å². The van der Waals surface area contributed by atoms with Crippen LogP contribution in [-0.4, -0.2) is 23.2 Å². The monoisotopic (exact) mass is 289 g/mol. The molecule has 0 unspecified atom stereocenters. The molecule has 1 aliphatic rings. The molecular formula is C16H20FN3O. The van der Waals surface area contributed by atoms with Gasteiger partial charge in [0.1, 0.15) is 5.82 Å². The second kappa shape index (κ2) is 5.93. The Morgan fingerprint density at radius 1 is 1.24 bits per heavy atom. The van der Waals surface area contributed by atoms with E-state index in [0.717, 1.165) is 36.8 Å². The van der Waals surface area contributed by atoms with E-state index >= 15 is 0 Å². The fourth-order valence-electron chi connectivity index (χ4n) is 3.02. The van der Waals surface area contributed by atoms with E-state index in [2.05, 4.69) is 15.5 Å². The number of nitrogens with zero attached hydrogens (tertiary/aromatic N) is 2. The normalized spacial score (nSPS) is 22.4. The van der Waals surface area contributed by atoms with Crippen LogP contribution in [0.4, 0.5) is 4.39 Å². The lowest BCUT2D eigenvalue weighted by Gasteiger charge is -2.25. The van der Waals surface area contributed by atoms with Crippen molar-refractivity contribution in [2.24, 2.45) is 0 Å². The summed E-state index contributed by atoms with van der Waals surface area (Å²) in [4.78, 5) is 4.52. The zero-order valence-electron chi connectivity index (χ0n) is 12.4. The van der Waals surface area contributed by atoms with Crippen molar-refractivity contribution in [1.82, 2.24) is 15.5 Å². The lowest BCUT2D eigenvalue weighted by Crippen LogP contribution is -2.29. The van der Waals surface area contributed by atoms with Gasteiger partial charge >= 0.3 is 0 Å². The first-order valence-electron chi connectivity index (χ1n) is 7.44. The molecule has 112 valence electrons. The molecule has 0 spiro atoms. The molecule has 0 atom stereocenters. The Labute approximate surface area is 123 Å². The van der Waals surface area contributed by atoms with Gasteiger partial charge in [0.05, 0.1) is 0 Å². The molecule has 2 aromatic rings. The Balaban J connectivity index is 1.77. The lowest BCUT2D eigenvalue weighted by atomic mass is 9.86. The van der Waals surface area contributed by atoms with E-state index in [-0.39, 0.29) is 5.82 Å². The zero-order valence-corrected chi connectivity index (χ0v) is 12.4. The highest BCUT2D eigenvalue weighted by Crippen LogP contribution is 2.33. The van der Waals surface area contributed by atoms with Crippen LogP contribution >= 0.6 is 0 Å². The van der Waals surface area contributed by atoms with E-state index in [1.165, 1.54) is 12.1 Å². The molecule has 0 aliphatic heterocycles. The number of rotatable bonds is 3. The van der Waals surface area contributed by atoms with Crippen molar-refractivity contribution in [2.45, 2.75) is 44.6 Å². The van der Waals surface area contributed by atoms with E-state index in [4.69, 9.17) is 4.52 Å². The Bertz CT molecular complexity index is 618. The minimum atomic E-state index is -0.245. The average molecular weight is 289 g/mol. The molecule has 0 radical (unpaired) electrons. The predicted molar refractivity (Wildman–Crippen MR) is 78.5 cm³/mol. The summed E-state index contributed by atoms with van der Waals surface area (Å²) in [5.74, 6) is 1.36. The molecule has 1 heterocycles. The van der Waals surface area contributed by atoms with E-state index in [1.807, 2.05) is 14.0 Å². The summed E-state index contributed by atoms with van der Waals surface area (Å²) in [6.07, 6.45) is 4.40. The number of nitrogens with one attached hydrogen (secondary N) is 1. The first-order chi connectivity index (χ1) is 10.2. The second-order valence-electron chi connectivity index (χ2n) is 5.75. The van der Waals surface area contributed by atoms with Crippen LogP contribution in [0.1, 0.15) is 43.1 Å². The fraction of sp³-hybridized carbons (Fsp3) is 0.500. The molecule has 3 rings (SSSR count). The van der Waals surface area contributed by atoms with Crippen LogP contribution in [0.3, 0.4) is 0 Å². The maximum atomic E-state index is 13.2. The van der Waals surface area contributed by atoms with Gasteiger partial charge in [-0.2, -0.15) is 4.98 Å². The molecule has 0 bridgehead atoms. The van der Waals surface area contributed by atoms with E-state index < -0.39 is 0 Å². The predicted octanol–water partition coefficient (Wildman–Crippen LogP) is 3.43. The first-order valence-corrected chi connectivity index (χ1v) is 7.44. The summed E-state index contributed by atoms with van der Waals surface area (Å²) in [6, 6.07) is 5.22. The van der Waals surface area contributed by atoms with Gasteiger partial charge in [0.25, 0.3) is 0 Å². The molecule has 1 saturated carbocycles. The fourth-order valence-corrected chi connectivity index (χ4v) is 3.02. The Morgan fingerprint density at radius 2 is 2.00 bits per heavy atom. The number of hydrogen-bond acceptors (Lipinski definition) is 4. The van der Waals surface area contributed by atoms with Gasteiger partial charge in [0.15, 0.2) is 0 Å². The van der Waals surface area contributed by atoms with Gasteiger partial charge in [-0.1, -0.05) is 5.16 Å². The summed E-state index contributed by atoms with van der Waals surface area (Å²) in [7, 11) is 2.01. The van der Waals surface area contributed by atoms with Crippen molar-refractivity contribution in [3.8, 4) is 11.4 Å². The molecule has 21 heavy (non-hydrogen) atoms. The van der Waals surface area contributed by atoms with Crippen LogP contribution in [-0.2, 0) is 0 Å². The van der Waals surface area contributed by atoms with Gasteiger partial charge in [-0.3, -0.25) is 0 Å². The first kappa shape index (κ1) is 14.2. The number of aryl methyl sites for hydroxylation is 1. The van der Waals surface area contributed by atoms with Gasteiger partial charge < -0.3 is 9.84 Å². The number of halogens is 1. The van der Waals surface area contributed by atoms with Gasteiger partial charge in [-0.05, 0) is 63.4 Å².